The van der Waals surface area contributed by atoms with Crippen LogP contribution in [0.5, 0.6) is 0 Å². The van der Waals surface area contributed by atoms with Gasteiger partial charge in [0.1, 0.15) is 0 Å². The standard InChI is InChI=1S/C22H26N2O2/c25-22(23-14-20-12-7-13-26-20)19-15-24(16-19)21(17-8-3-1-4-9-17)18-10-5-2-6-11-18/h1-6,8-11,19-21H,7,12-16H2,(H,23,25)/t20-/m1/s1. The van der Waals surface area contributed by atoms with E-state index in [2.05, 4.69) is 58.7 Å². The van der Waals surface area contributed by atoms with E-state index in [1.165, 1.54) is 11.1 Å². The SMILES string of the molecule is O=C(NC[C@H]1CCCO1)C1CN(C(c2ccccc2)c2ccccc2)C1. The Balaban J connectivity index is 1.38. The molecule has 0 aliphatic carbocycles. The highest BCUT2D eigenvalue weighted by atomic mass is 16.5. The van der Waals surface area contributed by atoms with Crippen molar-refractivity contribution in [2.24, 2.45) is 5.92 Å². The van der Waals surface area contributed by atoms with Crippen LogP contribution in [-0.2, 0) is 9.53 Å². The first kappa shape index (κ1) is 17.3. The number of nitrogens with one attached hydrogen (secondary N) is 1. The summed E-state index contributed by atoms with van der Waals surface area (Å²) in [6, 6.07) is 21.3. The zero-order valence-corrected chi connectivity index (χ0v) is 15.0. The number of ether oxygens (including phenoxy) is 1. The lowest BCUT2D eigenvalue weighted by molar-refractivity contribution is -0.131. The molecule has 4 heteroatoms. The number of hydrogen-bond donors (Lipinski definition) is 1. The van der Waals surface area contributed by atoms with E-state index in [-0.39, 0.29) is 24.0 Å². The van der Waals surface area contributed by atoms with Gasteiger partial charge in [-0.05, 0) is 24.0 Å². The minimum Gasteiger partial charge on any atom is -0.376 e. The van der Waals surface area contributed by atoms with Gasteiger partial charge in [0, 0.05) is 26.2 Å². The van der Waals surface area contributed by atoms with E-state index < -0.39 is 0 Å². The molecule has 0 aromatic heterocycles. The van der Waals surface area contributed by atoms with Crippen molar-refractivity contribution >= 4 is 5.91 Å². The van der Waals surface area contributed by atoms with Crippen LogP contribution in [0.4, 0.5) is 0 Å². The Morgan fingerprint density at radius 3 is 2.19 bits per heavy atom. The average Bonchev–Trinajstić information content (AvgIpc) is 3.17. The van der Waals surface area contributed by atoms with E-state index in [1.54, 1.807) is 0 Å². The first-order valence-electron chi connectivity index (χ1n) is 9.54. The van der Waals surface area contributed by atoms with Gasteiger partial charge in [0.05, 0.1) is 18.1 Å². The van der Waals surface area contributed by atoms with E-state index in [4.69, 9.17) is 4.74 Å². The minimum atomic E-state index is 0.0753. The second-order valence-electron chi connectivity index (χ2n) is 7.25. The quantitative estimate of drug-likeness (QED) is 0.871. The lowest BCUT2D eigenvalue weighted by Gasteiger charge is -2.44. The Bertz CT molecular complexity index is 668. The molecule has 1 N–H and O–H groups in total. The second-order valence-corrected chi connectivity index (χ2v) is 7.25. The summed E-state index contributed by atoms with van der Waals surface area (Å²) >= 11 is 0. The maximum atomic E-state index is 12.4. The van der Waals surface area contributed by atoms with Gasteiger partial charge in [0.25, 0.3) is 0 Å². The molecular formula is C22H26N2O2. The number of nitrogens with zero attached hydrogens (tertiary/aromatic N) is 1. The van der Waals surface area contributed by atoms with Crippen LogP contribution in [0.1, 0.15) is 30.0 Å². The zero-order chi connectivity index (χ0) is 17.8. The van der Waals surface area contributed by atoms with Crippen LogP contribution in [0, 0.1) is 5.92 Å². The topological polar surface area (TPSA) is 41.6 Å². The van der Waals surface area contributed by atoms with Gasteiger partial charge in [-0.1, -0.05) is 60.7 Å². The Kier molecular flexibility index (Phi) is 5.32. The first-order valence-corrected chi connectivity index (χ1v) is 9.54. The van der Waals surface area contributed by atoms with E-state index in [0.717, 1.165) is 32.5 Å². The zero-order valence-electron chi connectivity index (χ0n) is 15.0. The van der Waals surface area contributed by atoms with Crippen molar-refractivity contribution in [1.82, 2.24) is 10.2 Å². The number of amides is 1. The maximum absolute atomic E-state index is 12.4. The monoisotopic (exact) mass is 350 g/mol. The summed E-state index contributed by atoms with van der Waals surface area (Å²) in [5.74, 6) is 0.239. The molecular weight excluding hydrogens is 324 g/mol. The number of carbonyl (C=O) groups is 1. The third-order valence-corrected chi connectivity index (χ3v) is 5.40. The van der Waals surface area contributed by atoms with E-state index >= 15 is 0 Å². The number of benzene rings is 2. The van der Waals surface area contributed by atoms with Crippen molar-refractivity contribution in [3.63, 3.8) is 0 Å². The van der Waals surface area contributed by atoms with Gasteiger partial charge in [0.2, 0.25) is 5.91 Å². The molecule has 0 bridgehead atoms. The van der Waals surface area contributed by atoms with Crippen LogP contribution in [0.15, 0.2) is 60.7 Å². The summed E-state index contributed by atoms with van der Waals surface area (Å²) < 4.78 is 5.58. The fraction of sp³-hybridized carbons (Fsp3) is 0.409. The lowest BCUT2D eigenvalue weighted by atomic mass is 9.90. The van der Waals surface area contributed by atoms with Crippen LogP contribution in [-0.4, -0.2) is 43.2 Å². The van der Waals surface area contributed by atoms with Crippen LogP contribution in [0.25, 0.3) is 0 Å². The smallest absolute Gasteiger partial charge is 0.225 e. The summed E-state index contributed by atoms with van der Waals surface area (Å²) in [4.78, 5) is 14.8. The van der Waals surface area contributed by atoms with Crippen molar-refractivity contribution < 1.29 is 9.53 Å². The molecule has 26 heavy (non-hydrogen) atoms. The fourth-order valence-corrected chi connectivity index (χ4v) is 3.94. The van der Waals surface area contributed by atoms with Gasteiger partial charge in [-0.25, -0.2) is 0 Å². The van der Waals surface area contributed by atoms with Gasteiger partial charge in [-0.15, -0.1) is 0 Å². The highest BCUT2D eigenvalue weighted by Crippen LogP contribution is 2.34. The molecule has 2 heterocycles. The molecule has 2 fully saturated rings. The van der Waals surface area contributed by atoms with E-state index in [9.17, 15) is 4.79 Å². The van der Waals surface area contributed by atoms with Crippen molar-refractivity contribution in [3.8, 4) is 0 Å². The minimum absolute atomic E-state index is 0.0753. The first-order chi connectivity index (χ1) is 12.8. The number of hydrogen-bond acceptors (Lipinski definition) is 3. The molecule has 2 saturated heterocycles. The molecule has 0 unspecified atom stereocenters. The fourth-order valence-electron chi connectivity index (χ4n) is 3.94. The molecule has 4 rings (SSSR count). The highest BCUT2D eigenvalue weighted by molar-refractivity contribution is 5.80. The Hall–Kier alpha value is -2.17. The molecule has 0 saturated carbocycles. The number of likely N-dealkylation sites (tertiary alicyclic amines) is 1. The van der Waals surface area contributed by atoms with Gasteiger partial charge in [0.15, 0.2) is 0 Å². The van der Waals surface area contributed by atoms with Crippen LogP contribution in [0.2, 0.25) is 0 Å². The van der Waals surface area contributed by atoms with Crippen LogP contribution in [0.3, 0.4) is 0 Å². The summed E-state index contributed by atoms with van der Waals surface area (Å²) in [6.07, 6.45) is 2.37. The van der Waals surface area contributed by atoms with Crippen LogP contribution >= 0.6 is 0 Å². The Morgan fingerprint density at radius 1 is 1.04 bits per heavy atom. The van der Waals surface area contributed by atoms with Crippen molar-refractivity contribution in [1.29, 1.82) is 0 Å². The molecule has 2 aromatic rings. The van der Waals surface area contributed by atoms with Crippen molar-refractivity contribution in [2.75, 3.05) is 26.2 Å². The van der Waals surface area contributed by atoms with Gasteiger partial charge >= 0.3 is 0 Å². The highest BCUT2D eigenvalue weighted by Gasteiger charge is 2.38. The molecule has 1 atom stereocenters. The van der Waals surface area contributed by atoms with Gasteiger partial charge in [-0.2, -0.15) is 0 Å². The molecule has 136 valence electrons. The molecule has 2 aromatic carbocycles. The van der Waals surface area contributed by atoms with Gasteiger partial charge in [-0.3, -0.25) is 9.69 Å². The molecule has 2 aliphatic heterocycles. The average molecular weight is 350 g/mol. The number of carbonyl (C=O) groups excluding carboxylic acids is 1. The largest absolute Gasteiger partial charge is 0.376 e. The molecule has 2 aliphatic rings. The summed E-state index contributed by atoms with van der Waals surface area (Å²) in [5, 5.41) is 3.07. The van der Waals surface area contributed by atoms with Crippen molar-refractivity contribution in [3.05, 3.63) is 71.8 Å². The Labute approximate surface area is 155 Å². The third-order valence-electron chi connectivity index (χ3n) is 5.40. The lowest BCUT2D eigenvalue weighted by Crippen LogP contribution is -2.55. The second kappa shape index (κ2) is 8.02. The van der Waals surface area contributed by atoms with Gasteiger partial charge < -0.3 is 10.1 Å². The van der Waals surface area contributed by atoms with Crippen LogP contribution < -0.4 is 5.32 Å². The van der Waals surface area contributed by atoms with E-state index in [0.29, 0.717) is 6.54 Å². The third kappa shape index (κ3) is 3.81. The normalized spacial score (nSPS) is 20.9. The summed E-state index contributed by atoms with van der Waals surface area (Å²) in [5.41, 5.74) is 2.55. The molecule has 0 spiro atoms. The predicted molar refractivity (Wildman–Crippen MR) is 102 cm³/mol. The maximum Gasteiger partial charge on any atom is 0.225 e. The molecule has 1 amide bonds. The summed E-state index contributed by atoms with van der Waals surface area (Å²) in [6.45, 7) is 3.07. The molecule has 0 radical (unpaired) electrons. The predicted octanol–water partition coefficient (Wildman–Crippen LogP) is 3.00. The molecule has 4 nitrogen and oxygen atoms in total. The number of rotatable bonds is 6. The van der Waals surface area contributed by atoms with Crippen molar-refractivity contribution in [2.45, 2.75) is 25.0 Å². The summed E-state index contributed by atoms with van der Waals surface area (Å²) in [7, 11) is 0. The van der Waals surface area contributed by atoms with E-state index in [1.807, 2.05) is 12.1 Å². The Morgan fingerprint density at radius 2 is 1.65 bits per heavy atom.